The van der Waals surface area contributed by atoms with Crippen molar-refractivity contribution < 1.29 is 54.4 Å². The highest BCUT2D eigenvalue weighted by molar-refractivity contribution is 5.80. The zero-order valence-corrected chi connectivity index (χ0v) is 22.8. The van der Waals surface area contributed by atoms with E-state index in [1.807, 2.05) is 0 Å². The molecule has 0 aromatic heterocycles. The molecule has 0 unspecified atom stereocenters. The number of hydrogen-bond donors (Lipinski definition) is 9. The van der Waals surface area contributed by atoms with Crippen molar-refractivity contribution in [3.8, 4) is 0 Å². The number of allylic oxidation sites excluding steroid dienone is 1. The number of carbonyl (C=O) groups excluding carboxylic acids is 2. The van der Waals surface area contributed by atoms with E-state index in [9.17, 15) is 40.2 Å². The molecule has 2 heterocycles. The van der Waals surface area contributed by atoms with Gasteiger partial charge in [-0.2, -0.15) is 0 Å². The van der Waals surface area contributed by atoms with Crippen LogP contribution in [0.5, 0.6) is 0 Å². The van der Waals surface area contributed by atoms with Crippen molar-refractivity contribution in [1.82, 2.24) is 10.6 Å². The quantitative estimate of drug-likeness (QED) is 0.115. The van der Waals surface area contributed by atoms with Gasteiger partial charge in [-0.3, -0.25) is 4.79 Å². The molecule has 10 N–H and O–H groups in total. The lowest BCUT2D eigenvalue weighted by Crippen LogP contribution is -2.63. The Kier molecular flexibility index (Phi) is 12.7. The molecule has 2 saturated heterocycles. The molecule has 12 atom stereocenters. The summed E-state index contributed by atoms with van der Waals surface area (Å²) in [4.78, 5) is 23.8. The third kappa shape index (κ3) is 9.70. The highest BCUT2D eigenvalue weighted by Gasteiger charge is 2.48. The first kappa shape index (κ1) is 33.5. The number of Topliss-reactive ketones (excluding diaryl/α,β-unsaturated/α-hetero) is 1. The minimum Gasteiger partial charge on any atom is -0.393 e. The fraction of sp³-hybridized carbons (Fsp3) is 0.840. The van der Waals surface area contributed by atoms with Gasteiger partial charge in [0.2, 0.25) is 0 Å². The van der Waals surface area contributed by atoms with Gasteiger partial charge in [-0.1, -0.05) is 12.2 Å². The fourth-order valence-corrected chi connectivity index (χ4v) is 4.79. The summed E-state index contributed by atoms with van der Waals surface area (Å²) in [7, 11) is 0. The second kappa shape index (κ2) is 14.8. The number of carbonyl (C=O) groups is 2. The number of urea groups is 1. The molecule has 0 radical (unpaired) electrons. The Balaban J connectivity index is 2.19. The molecule has 0 bridgehead atoms. The van der Waals surface area contributed by atoms with Crippen LogP contribution in [0.2, 0.25) is 0 Å². The molecule has 2 fully saturated rings. The highest BCUT2D eigenvalue weighted by atomic mass is 16.7. The van der Waals surface area contributed by atoms with Crippen molar-refractivity contribution in [3.05, 3.63) is 12.2 Å². The van der Waals surface area contributed by atoms with E-state index in [2.05, 4.69) is 10.6 Å². The van der Waals surface area contributed by atoms with Gasteiger partial charge in [0.15, 0.2) is 17.9 Å². The van der Waals surface area contributed by atoms with Crippen LogP contribution >= 0.6 is 0 Å². The molecular weight excluding hydrogens is 518 g/mol. The van der Waals surface area contributed by atoms with E-state index in [1.165, 1.54) is 13.8 Å². The Morgan fingerprint density at radius 2 is 1.90 bits per heavy atom. The lowest BCUT2D eigenvalue weighted by atomic mass is 9.88. The standard InChI is InChI=1S/C25H45N3O11/c1-5-6-15(38-23-22(34)19(26)21(33)14(4)37-23)9-18-20(17(32)11-25(36,39-18)10-12(2)29)28-24(35)27-8-7-16(31)13(3)30/h5-6,12,14-23,29,31-34,36H,7-11,26H2,1-4H3,(H2,27,28,35)/b6-5+/t12-,14+,15-,16+,17-,18-,19-,20+,21+,22-,23-,25+/m0/s1. The fourth-order valence-electron chi connectivity index (χ4n) is 4.79. The number of aliphatic hydroxyl groups excluding tert-OH is 5. The van der Waals surface area contributed by atoms with Gasteiger partial charge in [-0.15, -0.1) is 0 Å². The maximum atomic E-state index is 12.6. The number of amides is 2. The number of hydrogen-bond acceptors (Lipinski definition) is 12. The molecule has 2 rings (SSSR count). The van der Waals surface area contributed by atoms with Crippen LogP contribution < -0.4 is 16.4 Å². The lowest BCUT2D eigenvalue weighted by molar-refractivity contribution is -0.302. The van der Waals surface area contributed by atoms with Crippen LogP contribution in [0.4, 0.5) is 4.79 Å². The number of aliphatic hydroxyl groups is 6. The van der Waals surface area contributed by atoms with E-state index in [-0.39, 0.29) is 32.2 Å². The van der Waals surface area contributed by atoms with Gasteiger partial charge in [0.05, 0.1) is 48.7 Å². The predicted molar refractivity (Wildman–Crippen MR) is 137 cm³/mol. The number of ketones is 1. The van der Waals surface area contributed by atoms with Crippen molar-refractivity contribution in [3.63, 3.8) is 0 Å². The maximum absolute atomic E-state index is 12.6. The summed E-state index contributed by atoms with van der Waals surface area (Å²) < 4.78 is 17.5. The molecule has 14 heteroatoms. The topological polar surface area (TPSA) is 233 Å². The molecule has 2 aliphatic rings. The Morgan fingerprint density at radius 1 is 1.23 bits per heavy atom. The Morgan fingerprint density at radius 3 is 2.49 bits per heavy atom. The van der Waals surface area contributed by atoms with E-state index in [0.717, 1.165) is 0 Å². The van der Waals surface area contributed by atoms with Crippen LogP contribution in [0.1, 0.15) is 53.4 Å². The molecule has 226 valence electrons. The summed E-state index contributed by atoms with van der Waals surface area (Å²) in [5.41, 5.74) is 5.91. The van der Waals surface area contributed by atoms with Gasteiger partial charge in [-0.05, 0) is 34.1 Å². The van der Waals surface area contributed by atoms with Gasteiger partial charge >= 0.3 is 6.03 Å². The third-order valence-electron chi connectivity index (χ3n) is 6.88. The van der Waals surface area contributed by atoms with Crippen molar-refractivity contribution in [1.29, 1.82) is 0 Å². The molecule has 0 aliphatic carbocycles. The first-order valence-corrected chi connectivity index (χ1v) is 13.2. The summed E-state index contributed by atoms with van der Waals surface area (Å²) >= 11 is 0. The molecule has 2 amide bonds. The van der Waals surface area contributed by atoms with Gasteiger partial charge in [0.25, 0.3) is 0 Å². The first-order chi connectivity index (χ1) is 18.2. The Hall–Kier alpha value is -1.72. The summed E-state index contributed by atoms with van der Waals surface area (Å²) in [6, 6.07) is -2.75. The Bertz CT molecular complexity index is 831. The van der Waals surface area contributed by atoms with Crippen molar-refractivity contribution in [2.75, 3.05) is 6.54 Å². The predicted octanol–water partition coefficient (Wildman–Crippen LogP) is -2.25. The molecule has 2 aliphatic heterocycles. The first-order valence-electron chi connectivity index (χ1n) is 13.2. The molecule has 0 spiro atoms. The minimum absolute atomic E-state index is 0.000220. The number of nitrogens with one attached hydrogen (secondary N) is 2. The lowest BCUT2D eigenvalue weighted by Gasteiger charge is -2.46. The van der Waals surface area contributed by atoms with E-state index in [4.69, 9.17) is 19.9 Å². The summed E-state index contributed by atoms with van der Waals surface area (Å²) in [6.07, 6.45) is -6.90. The largest absolute Gasteiger partial charge is 0.393 e. The summed E-state index contributed by atoms with van der Waals surface area (Å²) in [6.45, 7) is 5.99. The monoisotopic (exact) mass is 563 g/mol. The van der Waals surface area contributed by atoms with Crippen molar-refractivity contribution in [2.24, 2.45) is 5.73 Å². The second-order valence-electron chi connectivity index (χ2n) is 10.5. The molecule has 14 nitrogen and oxygen atoms in total. The summed E-state index contributed by atoms with van der Waals surface area (Å²) in [5, 5.41) is 67.1. The van der Waals surface area contributed by atoms with E-state index < -0.39 is 84.8 Å². The number of rotatable bonds is 12. The average Bonchev–Trinajstić information content (AvgIpc) is 2.82. The van der Waals surface area contributed by atoms with E-state index in [0.29, 0.717) is 0 Å². The molecule has 39 heavy (non-hydrogen) atoms. The van der Waals surface area contributed by atoms with Crippen LogP contribution in [-0.2, 0) is 19.0 Å². The van der Waals surface area contributed by atoms with Crippen LogP contribution in [0.3, 0.4) is 0 Å². The van der Waals surface area contributed by atoms with Crippen molar-refractivity contribution >= 4 is 11.8 Å². The van der Waals surface area contributed by atoms with Crippen LogP contribution in [-0.4, -0.2) is 122 Å². The van der Waals surface area contributed by atoms with E-state index >= 15 is 0 Å². The van der Waals surface area contributed by atoms with Crippen LogP contribution in [0.25, 0.3) is 0 Å². The number of nitrogens with two attached hydrogens (primary N) is 1. The van der Waals surface area contributed by atoms with Gasteiger partial charge < -0.3 is 61.2 Å². The van der Waals surface area contributed by atoms with Gasteiger partial charge in [0.1, 0.15) is 12.2 Å². The van der Waals surface area contributed by atoms with Crippen LogP contribution in [0.15, 0.2) is 12.2 Å². The molecule has 0 aromatic rings. The zero-order valence-electron chi connectivity index (χ0n) is 22.8. The minimum atomic E-state index is -1.90. The van der Waals surface area contributed by atoms with Gasteiger partial charge in [0, 0.05) is 25.8 Å². The highest BCUT2D eigenvalue weighted by Crippen LogP contribution is 2.34. The number of ether oxygens (including phenoxy) is 3. The van der Waals surface area contributed by atoms with Crippen LogP contribution in [0, 0.1) is 0 Å². The average molecular weight is 564 g/mol. The smallest absolute Gasteiger partial charge is 0.315 e. The second-order valence-corrected chi connectivity index (χ2v) is 10.5. The van der Waals surface area contributed by atoms with Gasteiger partial charge in [-0.25, -0.2) is 4.79 Å². The zero-order chi connectivity index (χ0) is 29.5. The van der Waals surface area contributed by atoms with E-state index in [1.54, 1.807) is 26.0 Å². The summed E-state index contributed by atoms with van der Waals surface area (Å²) in [5.74, 6) is -2.33. The Labute approximate surface area is 228 Å². The molecular formula is C25H45N3O11. The molecule has 0 aromatic carbocycles. The van der Waals surface area contributed by atoms with Crippen molar-refractivity contribution in [2.45, 2.75) is 126 Å². The maximum Gasteiger partial charge on any atom is 0.315 e. The SMILES string of the molecule is C/C=C/[C@@H](C[C@@H]1O[C@](O)(C[C@H](C)O)C[C@H](O)[C@H]1NC(=O)NCC[C@@H](O)C(C)=O)O[C@@H]1O[C@H](C)[C@@H](O)[C@H](N)[C@@H]1O. The third-order valence-corrected chi connectivity index (χ3v) is 6.88. The molecule has 0 saturated carbocycles. The normalized spacial score (nSPS) is 37.7.